The third kappa shape index (κ3) is 3.17. The summed E-state index contributed by atoms with van der Waals surface area (Å²) >= 11 is 0. The van der Waals surface area contributed by atoms with Crippen LogP contribution in [0.2, 0.25) is 0 Å². The Morgan fingerprint density at radius 2 is 1.94 bits per heavy atom. The summed E-state index contributed by atoms with van der Waals surface area (Å²) in [7, 11) is 0. The van der Waals surface area contributed by atoms with Crippen LogP contribution in [0.1, 0.15) is 13.8 Å². The molecule has 6 heteroatoms. The van der Waals surface area contributed by atoms with E-state index in [9.17, 15) is 9.59 Å². The molecule has 0 aromatic carbocycles. The first-order valence-corrected chi connectivity index (χ1v) is 5.62. The number of carboxylic acid groups (broad SMARTS) is 1. The summed E-state index contributed by atoms with van der Waals surface area (Å²) < 4.78 is 4.98. The molecule has 0 radical (unpaired) electrons. The number of carboxylic acids is 1. The van der Waals surface area contributed by atoms with Crippen LogP contribution >= 0.6 is 0 Å². The minimum absolute atomic E-state index is 0.0509. The van der Waals surface area contributed by atoms with E-state index < -0.39 is 23.2 Å². The predicted octanol–water partition coefficient (Wildman–Crippen LogP) is -0.532. The predicted molar refractivity (Wildman–Crippen MR) is 59.3 cm³/mol. The van der Waals surface area contributed by atoms with Gasteiger partial charge in [0.05, 0.1) is 31.7 Å². The molecule has 6 nitrogen and oxygen atoms in total. The Bertz CT molecular complexity index is 302. The molecule has 0 aromatic rings. The largest absolute Gasteiger partial charge is 0.481 e. The third-order valence-corrected chi connectivity index (χ3v) is 3.16. The lowest BCUT2D eigenvalue weighted by molar-refractivity contribution is -0.140. The number of amides is 1. The van der Waals surface area contributed by atoms with Gasteiger partial charge in [-0.3, -0.25) is 9.59 Å². The van der Waals surface area contributed by atoms with Crippen LogP contribution in [-0.2, 0) is 14.3 Å². The van der Waals surface area contributed by atoms with Crippen LogP contribution in [0.25, 0.3) is 0 Å². The van der Waals surface area contributed by atoms with E-state index in [2.05, 4.69) is 5.32 Å². The quantitative estimate of drug-likeness (QED) is 0.524. The molecule has 0 heterocycles. The number of carbonyl (C=O) groups is 2. The Kier molecular flexibility index (Phi) is 4.47. The van der Waals surface area contributed by atoms with Gasteiger partial charge in [0, 0.05) is 6.54 Å². The molecular formula is C11H19NO5. The summed E-state index contributed by atoms with van der Waals surface area (Å²) in [5.74, 6) is -2.22. The molecule has 1 fully saturated rings. The summed E-state index contributed by atoms with van der Waals surface area (Å²) in [6.07, 6.45) is 0. The summed E-state index contributed by atoms with van der Waals surface area (Å²) in [5, 5.41) is 20.0. The molecular weight excluding hydrogens is 226 g/mol. The van der Waals surface area contributed by atoms with Gasteiger partial charge in [-0.25, -0.2) is 0 Å². The fraction of sp³-hybridized carbons (Fsp3) is 0.818. The van der Waals surface area contributed by atoms with Crippen molar-refractivity contribution in [2.45, 2.75) is 13.8 Å². The number of hydrogen-bond donors (Lipinski definition) is 3. The van der Waals surface area contributed by atoms with E-state index in [-0.39, 0.29) is 19.1 Å². The lowest BCUT2D eigenvalue weighted by Crippen LogP contribution is -2.30. The van der Waals surface area contributed by atoms with Gasteiger partial charge in [0.2, 0.25) is 5.91 Å². The lowest BCUT2D eigenvalue weighted by Gasteiger charge is -2.06. The van der Waals surface area contributed by atoms with Crippen molar-refractivity contribution in [2.75, 3.05) is 26.4 Å². The van der Waals surface area contributed by atoms with Crippen molar-refractivity contribution in [3.8, 4) is 0 Å². The maximum atomic E-state index is 11.7. The maximum absolute atomic E-state index is 11.7. The molecule has 0 saturated heterocycles. The van der Waals surface area contributed by atoms with Crippen molar-refractivity contribution in [1.82, 2.24) is 5.32 Å². The summed E-state index contributed by atoms with van der Waals surface area (Å²) in [6.45, 7) is 4.39. The molecule has 1 aliphatic carbocycles. The zero-order valence-corrected chi connectivity index (χ0v) is 10.1. The van der Waals surface area contributed by atoms with Gasteiger partial charge in [-0.05, 0) is 5.41 Å². The Labute approximate surface area is 100.0 Å². The smallest absolute Gasteiger partial charge is 0.307 e. The first-order chi connectivity index (χ1) is 7.92. The molecule has 98 valence electrons. The maximum Gasteiger partial charge on any atom is 0.307 e. The van der Waals surface area contributed by atoms with Crippen LogP contribution in [0.5, 0.6) is 0 Å². The van der Waals surface area contributed by atoms with Gasteiger partial charge >= 0.3 is 5.97 Å². The van der Waals surface area contributed by atoms with E-state index in [1.807, 2.05) is 0 Å². The highest BCUT2D eigenvalue weighted by Crippen LogP contribution is 2.58. The molecule has 1 amide bonds. The number of nitrogens with one attached hydrogen (secondary N) is 1. The van der Waals surface area contributed by atoms with Gasteiger partial charge in [0.15, 0.2) is 0 Å². The minimum Gasteiger partial charge on any atom is -0.481 e. The van der Waals surface area contributed by atoms with Crippen LogP contribution in [0, 0.1) is 17.3 Å². The second-order valence-electron chi connectivity index (χ2n) is 4.74. The van der Waals surface area contributed by atoms with Crippen LogP contribution in [0.3, 0.4) is 0 Å². The van der Waals surface area contributed by atoms with Crippen LogP contribution < -0.4 is 5.32 Å². The number of ether oxygens (including phenoxy) is 1. The van der Waals surface area contributed by atoms with E-state index in [0.717, 1.165) is 0 Å². The third-order valence-electron chi connectivity index (χ3n) is 3.16. The van der Waals surface area contributed by atoms with Gasteiger partial charge in [0.1, 0.15) is 0 Å². The zero-order chi connectivity index (χ0) is 13.1. The van der Waals surface area contributed by atoms with E-state index in [0.29, 0.717) is 13.2 Å². The summed E-state index contributed by atoms with van der Waals surface area (Å²) in [4.78, 5) is 22.6. The Morgan fingerprint density at radius 1 is 1.29 bits per heavy atom. The minimum atomic E-state index is -0.924. The first kappa shape index (κ1) is 13.9. The molecule has 0 aliphatic heterocycles. The number of aliphatic hydroxyl groups excluding tert-OH is 1. The van der Waals surface area contributed by atoms with Crippen molar-refractivity contribution < 1.29 is 24.5 Å². The van der Waals surface area contributed by atoms with Gasteiger partial charge in [-0.2, -0.15) is 0 Å². The first-order valence-electron chi connectivity index (χ1n) is 5.62. The molecule has 3 N–H and O–H groups in total. The van der Waals surface area contributed by atoms with Gasteiger partial charge in [-0.15, -0.1) is 0 Å². The van der Waals surface area contributed by atoms with Gasteiger partial charge in [-0.1, -0.05) is 13.8 Å². The highest BCUT2D eigenvalue weighted by molar-refractivity contribution is 5.91. The highest BCUT2D eigenvalue weighted by atomic mass is 16.5. The molecule has 17 heavy (non-hydrogen) atoms. The Hall–Kier alpha value is -1.14. The lowest BCUT2D eigenvalue weighted by atomic mass is 10.1. The molecule has 2 unspecified atom stereocenters. The molecule has 0 aromatic heterocycles. The zero-order valence-electron chi connectivity index (χ0n) is 10.1. The fourth-order valence-corrected chi connectivity index (χ4v) is 2.11. The number of rotatable bonds is 7. The van der Waals surface area contributed by atoms with E-state index in [4.69, 9.17) is 14.9 Å². The highest BCUT2D eigenvalue weighted by Gasteiger charge is 2.65. The number of aliphatic hydroxyl groups is 1. The van der Waals surface area contributed by atoms with Gasteiger partial charge < -0.3 is 20.3 Å². The van der Waals surface area contributed by atoms with E-state index in [1.165, 1.54) is 0 Å². The Morgan fingerprint density at radius 3 is 2.41 bits per heavy atom. The number of aliphatic carboxylic acids is 1. The summed E-state index contributed by atoms with van der Waals surface area (Å²) in [6, 6.07) is 0. The van der Waals surface area contributed by atoms with Crippen LogP contribution in [0.4, 0.5) is 0 Å². The van der Waals surface area contributed by atoms with Crippen molar-refractivity contribution in [1.29, 1.82) is 0 Å². The number of hydrogen-bond acceptors (Lipinski definition) is 4. The van der Waals surface area contributed by atoms with Crippen LogP contribution in [0.15, 0.2) is 0 Å². The summed E-state index contributed by atoms with van der Waals surface area (Å²) in [5.41, 5.74) is -0.470. The fourth-order valence-electron chi connectivity index (χ4n) is 2.11. The van der Waals surface area contributed by atoms with Crippen molar-refractivity contribution in [3.05, 3.63) is 0 Å². The Balaban J connectivity index is 2.28. The standard InChI is InChI=1S/C11H19NO5/c1-11(2)7(8(11)10(15)16)9(14)12-3-5-17-6-4-13/h7-8,13H,3-6H2,1-2H3,(H,12,14)(H,15,16). The number of carbonyl (C=O) groups excluding carboxylic acids is 1. The monoisotopic (exact) mass is 245 g/mol. The van der Waals surface area contributed by atoms with E-state index >= 15 is 0 Å². The van der Waals surface area contributed by atoms with Gasteiger partial charge in [0.25, 0.3) is 0 Å². The second kappa shape index (κ2) is 5.46. The molecule has 1 rings (SSSR count). The van der Waals surface area contributed by atoms with Crippen LogP contribution in [-0.4, -0.2) is 48.5 Å². The molecule has 0 bridgehead atoms. The normalized spacial score (nSPS) is 25.4. The topological polar surface area (TPSA) is 95.9 Å². The van der Waals surface area contributed by atoms with E-state index in [1.54, 1.807) is 13.8 Å². The van der Waals surface area contributed by atoms with Crippen molar-refractivity contribution in [3.63, 3.8) is 0 Å². The SMILES string of the molecule is CC1(C)C(C(=O)O)C1C(=O)NCCOCCO. The molecule has 2 atom stereocenters. The average Bonchev–Trinajstić information content (AvgIpc) is 2.81. The molecule has 0 spiro atoms. The van der Waals surface area contributed by atoms with Crippen molar-refractivity contribution >= 4 is 11.9 Å². The second-order valence-corrected chi connectivity index (χ2v) is 4.74. The molecule has 1 saturated carbocycles. The van der Waals surface area contributed by atoms with Crippen molar-refractivity contribution in [2.24, 2.45) is 17.3 Å². The molecule has 1 aliphatic rings. The average molecular weight is 245 g/mol.